The zero-order valence-corrected chi connectivity index (χ0v) is 14.2. The van der Waals surface area contributed by atoms with Gasteiger partial charge in [-0.1, -0.05) is 12.1 Å². The molecule has 0 aromatic heterocycles. The number of alkyl halides is 2. The van der Waals surface area contributed by atoms with Gasteiger partial charge in [-0.3, -0.25) is 4.79 Å². The van der Waals surface area contributed by atoms with Crippen molar-refractivity contribution in [3.8, 4) is 23.0 Å². The summed E-state index contributed by atoms with van der Waals surface area (Å²) in [6.07, 6.45) is 0. The van der Waals surface area contributed by atoms with Crippen molar-refractivity contribution >= 4 is 5.91 Å². The Morgan fingerprint density at radius 1 is 1.23 bits per heavy atom. The first-order valence-corrected chi connectivity index (χ1v) is 7.75. The molecule has 26 heavy (non-hydrogen) atoms. The van der Waals surface area contributed by atoms with Crippen molar-refractivity contribution in [1.29, 1.82) is 0 Å². The van der Waals surface area contributed by atoms with Crippen molar-refractivity contribution < 1.29 is 32.5 Å². The Hall–Kier alpha value is -3.03. The van der Waals surface area contributed by atoms with E-state index >= 15 is 0 Å². The van der Waals surface area contributed by atoms with Crippen LogP contribution in [0, 0.1) is 0 Å². The lowest BCUT2D eigenvalue weighted by Gasteiger charge is -2.20. The fourth-order valence-electron chi connectivity index (χ4n) is 2.65. The highest BCUT2D eigenvalue weighted by molar-refractivity contribution is 5.97. The molecule has 2 aromatic carbocycles. The lowest BCUT2D eigenvalue weighted by atomic mass is 10.1. The monoisotopic (exact) mass is 365 g/mol. The van der Waals surface area contributed by atoms with E-state index in [1.807, 2.05) is 0 Å². The molecule has 1 aliphatic heterocycles. The van der Waals surface area contributed by atoms with Gasteiger partial charge in [0.2, 0.25) is 6.79 Å². The molecule has 0 saturated carbocycles. The predicted octanol–water partition coefficient (Wildman–Crippen LogP) is 3.30. The van der Waals surface area contributed by atoms with E-state index in [1.165, 1.54) is 24.1 Å². The second-order valence-electron chi connectivity index (χ2n) is 5.56. The summed E-state index contributed by atoms with van der Waals surface area (Å²) in [6, 6.07) is 9.74. The van der Waals surface area contributed by atoms with Crippen molar-refractivity contribution in [2.24, 2.45) is 0 Å². The number of amides is 1. The van der Waals surface area contributed by atoms with Gasteiger partial charge in [-0.15, -0.1) is 0 Å². The topological polar surface area (TPSA) is 57.2 Å². The van der Waals surface area contributed by atoms with E-state index in [2.05, 4.69) is 4.74 Å². The van der Waals surface area contributed by atoms with Crippen LogP contribution in [0.1, 0.15) is 15.9 Å². The zero-order valence-electron chi connectivity index (χ0n) is 14.2. The molecule has 0 aliphatic carbocycles. The Morgan fingerprint density at radius 3 is 2.73 bits per heavy atom. The van der Waals surface area contributed by atoms with Crippen molar-refractivity contribution in [3.05, 3.63) is 47.5 Å². The van der Waals surface area contributed by atoms with Crippen LogP contribution in [0.25, 0.3) is 0 Å². The lowest BCUT2D eigenvalue weighted by molar-refractivity contribution is -0.0516. The van der Waals surface area contributed by atoms with Gasteiger partial charge < -0.3 is 23.8 Å². The van der Waals surface area contributed by atoms with Crippen LogP contribution in [0.5, 0.6) is 23.0 Å². The van der Waals surface area contributed by atoms with Gasteiger partial charge in [-0.25, -0.2) is 0 Å². The fraction of sp³-hybridized carbons (Fsp3) is 0.278. The minimum atomic E-state index is -3.07. The molecule has 2 aromatic rings. The number of nitrogens with zero attached hydrogens (tertiary/aromatic N) is 1. The molecule has 6 nitrogen and oxygen atoms in total. The summed E-state index contributed by atoms with van der Waals surface area (Å²) in [5.41, 5.74) is 0.803. The second kappa shape index (κ2) is 7.47. The summed E-state index contributed by atoms with van der Waals surface area (Å²) in [6.45, 7) is -2.66. The van der Waals surface area contributed by atoms with Crippen LogP contribution in [-0.4, -0.2) is 38.4 Å². The van der Waals surface area contributed by atoms with E-state index in [4.69, 9.17) is 14.2 Å². The summed E-state index contributed by atoms with van der Waals surface area (Å²) in [4.78, 5) is 14.1. The minimum absolute atomic E-state index is 0.00658. The van der Waals surface area contributed by atoms with Crippen LogP contribution in [0.15, 0.2) is 36.4 Å². The van der Waals surface area contributed by atoms with Crippen molar-refractivity contribution in [1.82, 2.24) is 4.90 Å². The Balaban J connectivity index is 1.82. The Morgan fingerprint density at radius 2 is 2.00 bits per heavy atom. The summed E-state index contributed by atoms with van der Waals surface area (Å²) < 4.78 is 45.5. The number of methoxy groups -OCH3 is 1. The molecule has 0 radical (unpaired) electrons. The van der Waals surface area contributed by atoms with Gasteiger partial charge in [0, 0.05) is 13.6 Å². The highest BCUT2D eigenvalue weighted by atomic mass is 19.3. The summed E-state index contributed by atoms with van der Waals surface area (Å²) >= 11 is 0. The maximum absolute atomic E-state index is 12.7. The van der Waals surface area contributed by atoms with Crippen LogP contribution < -0.4 is 18.9 Å². The number of halogens is 2. The molecule has 0 atom stereocenters. The number of hydrogen-bond donors (Lipinski definition) is 0. The number of benzene rings is 2. The molecule has 1 amide bonds. The first-order valence-electron chi connectivity index (χ1n) is 7.75. The third-order valence-corrected chi connectivity index (χ3v) is 3.84. The third kappa shape index (κ3) is 3.63. The number of carbonyl (C=O) groups is 1. The Kier molecular flexibility index (Phi) is 5.11. The quantitative estimate of drug-likeness (QED) is 0.786. The molecule has 8 heteroatoms. The number of para-hydroxylation sites is 1. The fourth-order valence-corrected chi connectivity index (χ4v) is 2.65. The third-order valence-electron chi connectivity index (χ3n) is 3.84. The molecule has 0 fully saturated rings. The number of fused-ring (bicyclic) bond motifs is 1. The Labute approximate surface area is 148 Å². The van der Waals surface area contributed by atoms with Crippen LogP contribution in [-0.2, 0) is 6.54 Å². The first-order chi connectivity index (χ1) is 12.5. The smallest absolute Gasteiger partial charge is 0.387 e. The number of rotatable bonds is 6. The van der Waals surface area contributed by atoms with Gasteiger partial charge in [-0.05, 0) is 29.8 Å². The summed E-state index contributed by atoms with van der Waals surface area (Å²) in [5, 5.41) is 0. The Bertz CT molecular complexity index is 812. The largest absolute Gasteiger partial charge is 0.493 e. The van der Waals surface area contributed by atoms with E-state index < -0.39 is 12.5 Å². The molecular weight excluding hydrogens is 348 g/mol. The van der Waals surface area contributed by atoms with E-state index in [1.54, 1.807) is 31.3 Å². The van der Waals surface area contributed by atoms with Gasteiger partial charge in [0.15, 0.2) is 23.0 Å². The average Bonchev–Trinajstić information content (AvgIpc) is 3.08. The lowest BCUT2D eigenvalue weighted by Crippen LogP contribution is -2.27. The van der Waals surface area contributed by atoms with E-state index in [0.717, 1.165) is 5.56 Å². The van der Waals surface area contributed by atoms with Gasteiger partial charge >= 0.3 is 6.61 Å². The molecule has 0 bridgehead atoms. The van der Waals surface area contributed by atoms with Crippen molar-refractivity contribution in [2.45, 2.75) is 13.2 Å². The van der Waals surface area contributed by atoms with Gasteiger partial charge in [0.25, 0.3) is 5.91 Å². The number of ether oxygens (including phenoxy) is 4. The molecule has 138 valence electrons. The number of carbonyl (C=O) groups excluding carboxylic acids is 1. The van der Waals surface area contributed by atoms with Gasteiger partial charge in [0.1, 0.15) is 0 Å². The van der Waals surface area contributed by atoms with Crippen molar-refractivity contribution in [3.63, 3.8) is 0 Å². The summed E-state index contributed by atoms with van der Waals surface area (Å²) in [5.74, 6) is 0.548. The molecule has 1 aliphatic rings. The standard InChI is InChI=1S/C18H17F2NO5/c1-21(9-11-6-7-13-15(8-11)25-10-24-13)17(22)12-4-3-5-14(23-2)16(12)26-18(19)20/h3-8,18H,9-10H2,1-2H3. The van der Waals surface area contributed by atoms with Crippen LogP contribution >= 0.6 is 0 Å². The molecule has 3 rings (SSSR count). The van der Waals surface area contributed by atoms with Crippen LogP contribution in [0.4, 0.5) is 8.78 Å². The predicted molar refractivity (Wildman–Crippen MR) is 88.0 cm³/mol. The second-order valence-corrected chi connectivity index (χ2v) is 5.56. The van der Waals surface area contributed by atoms with Crippen molar-refractivity contribution in [2.75, 3.05) is 21.0 Å². The molecule has 0 unspecified atom stereocenters. The first kappa shape index (κ1) is 17.8. The molecule has 0 N–H and O–H groups in total. The molecule has 0 saturated heterocycles. The zero-order chi connectivity index (χ0) is 18.7. The number of hydrogen-bond acceptors (Lipinski definition) is 5. The highest BCUT2D eigenvalue weighted by Gasteiger charge is 2.23. The molecular formula is C18H17F2NO5. The minimum Gasteiger partial charge on any atom is -0.493 e. The van der Waals surface area contributed by atoms with Gasteiger partial charge in [-0.2, -0.15) is 8.78 Å². The molecule has 1 heterocycles. The van der Waals surface area contributed by atoms with Crippen LogP contribution in [0.3, 0.4) is 0 Å². The molecule has 0 spiro atoms. The SMILES string of the molecule is COc1cccc(C(=O)N(C)Cc2ccc3c(c2)OCO3)c1OC(F)F. The van der Waals surface area contributed by atoms with E-state index in [9.17, 15) is 13.6 Å². The van der Waals surface area contributed by atoms with E-state index in [-0.39, 0.29) is 30.4 Å². The highest BCUT2D eigenvalue weighted by Crippen LogP contribution is 2.34. The maximum Gasteiger partial charge on any atom is 0.387 e. The maximum atomic E-state index is 12.7. The van der Waals surface area contributed by atoms with E-state index in [0.29, 0.717) is 11.5 Å². The normalized spacial score (nSPS) is 12.2. The summed E-state index contributed by atoms with van der Waals surface area (Å²) in [7, 11) is 2.89. The van der Waals surface area contributed by atoms with Gasteiger partial charge in [0.05, 0.1) is 12.7 Å². The van der Waals surface area contributed by atoms with Crippen LogP contribution in [0.2, 0.25) is 0 Å². The average molecular weight is 365 g/mol.